The second kappa shape index (κ2) is 7.50. The van der Waals surface area contributed by atoms with E-state index < -0.39 is 28.9 Å². The number of aromatic nitrogens is 2. The Morgan fingerprint density at radius 3 is 2.33 bits per heavy atom. The number of urea groups is 1. The molecule has 0 radical (unpaired) electrons. The summed E-state index contributed by atoms with van der Waals surface area (Å²) in [7, 11) is 6.44. The molecule has 39 heavy (non-hydrogen) atoms. The molecule has 2 spiro atoms. The number of fused-ring (bicyclic) bond motifs is 5. The Balaban J connectivity index is 1.68. The number of benzene rings is 2. The molecule has 3 atom stereocenters. The van der Waals surface area contributed by atoms with Crippen LogP contribution in [0.3, 0.4) is 0 Å². The van der Waals surface area contributed by atoms with Crippen molar-refractivity contribution < 1.29 is 14.4 Å². The number of aromatic amines is 2. The summed E-state index contributed by atoms with van der Waals surface area (Å²) >= 11 is 3.53. The van der Waals surface area contributed by atoms with E-state index in [1.54, 1.807) is 26.0 Å². The predicted octanol–water partition coefficient (Wildman–Crippen LogP) is 3.55. The molecule has 2 aliphatic heterocycles. The van der Waals surface area contributed by atoms with Crippen molar-refractivity contribution in [2.75, 3.05) is 28.2 Å². The van der Waals surface area contributed by atoms with Gasteiger partial charge in [0.25, 0.3) is 11.8 Å². The lowest BCUT2D eigenvalue weighted by atomic mass is 9.58. The standard InChI is InChI=1S/C28H26BrN7O3/c1-33-23(37)27(35(3)25(33)30)12-17-15-7-5-6-8-19(15)32-22(17)28(24(38)34(2)26(39)36(28)4)21(27)18-13-31-20-11-14(29)9-10-16(18)20/h5-11,13,21,30-32H,12H2,1-4H3/t21-,27-,28+/m0/s1. The Labute approximate surface area is 232 Å². The van der Waals surface area contributed by atoms with Crippen molar-refractivity contribution >= 4 is 61.5 Å². The predicted molar refractivity (Wildman–Crippen MR) is 149 cm³/mol. The van der Waals surface area contributed by atoms with Gasteiger partial charge < -0.3 is 19.8 Å². The Bertz CT molecular complexity index is 1790. The van der Waals surface area contributed by atoms with Gasteiger partial charge in [-0.15, -0.1) is 0 Å². The zero-order valence-electron chi connectivity index (χ0n) is 21.8. The van der Waals surface area contributed by atoms with Crippen LogP contribution in [0.15, 0.2) is 53.1 Å². The molecule has 4 heterocycles. The second-order valence-electron chi connectivity index (χ2n) is 10.7. The third-order valence-corrected chi connectivity index (χ3v) is 9.66. The average Bonchev–Trinajstić information content (AvgIpc) is 3.60. The van der Waals surface area contributed by atoms with Gasteiger partial charge in [-0.1, -0.05) is 40.2 Å². The van der Waals surface area contributed by atoms with E-state index in [1.807, 2.05) is 48.7 Å². The molecule has 0 saturated carbocycles. The van der Waals surface area contributed by atoms with Crippen molar-refractivity contribution in [3.8, 4) is 0 Å². The number of likely N-dealkylation sites (N-methyl/N-ethyl adjacent to an activating group) is 4. The molecule has 2 aromatic carbocycles. The normalized spacial score (nSPS) is 26.9. The fourth-order valence-electron chi connectivity index (χ4n) is 7.32. The molecule has 4 aromatic rings. The summed E-state index contributed by atoms with van der Waals surface area (Å²) in [5.41, 5.74) is 0.858. The minimum atomic E-state index is -1.57. The monoisotopic (exact) mass is 587 g/mol. The Hall–Kier alpha value is -4.12. The van der Waals surface area contributed by atoms with Gasteiger partial charge in [0.05, 0.1) is 11.6 Å². The zero-order valence-corrected chi connectivity index (χ0v) is 23.4. The summed E-state index contributed by atoms with van der Waals surface area (Å²) in [4.78, 5) is 55.1. The fraction of sp³-hybridized carbons (Fsp3) is 0.286. The SMILES string of the molecule is CN1C(=O)N(C)[C@@]2(C1=O)c1[nH]c3ccccc3c1C[C@@]1(C(=O)N(C)C(=N)N1C)[C@@H]2c1c[nH]c2cc(Br)ccc12. The molecule has 1 aliphatic carbocycles. The van der Waals surface area contributed by atoms with Gasteiger partial charge in [0.2, 0.25) is 5.96 Å². The first-order chi connectivity index (χ1) is 18.6. The van der Waals surface area contributed by atoms with E-state index in [2.05, 4.69) is 25.9 Å². The highest BCUT2D eigenvalue weighted by atomic mass is 79.9. The summed E-state index contributed by atoms with van der Waals surface area (Å²) in [5, 5.41) is 10.6. The lowest BCUT2D eigenvalue weighted by Crippen LogP contribution is -2.67. The molecule has 0 bridgehead atoms. The molecule has 4 amide bonds. The second-order valence-corrected chi connectivity index (χ2v) is 11.6. The number of nitrogens with zero attached hydrogens (tertiary/aromatic N) is 4. The first-order valence-electron chi connectivity index (χ1n) is 12.6. The lowest BCUT2D eigenvalue weighted by Gasteiger charge is -2.53. The summed E-state index contributed by atoms with van der Waals surface area (Å²) in [6, 6.07) is 13.1. The third-order valence-electron chi connectivity index (χ3n) is 9.17. The van der Waals surface area contributed by atoms with Crippen molar-refractivity contribution in [3.63, 3.8) is 0 Å². The maximum absolute atomic E-state index is 14.6. The van der Waals surface area contributed by atoms with Gasteiger partial charge in [0, 0.05) is 67.1 Å². The number of carbonyl (C=O) groups excluding carboxylic acids is 3. The van der Waals surface area contributed by atoms with Crippen LogP contribution in [0.1, 0.15) is 22.7 Å². The van der Waals surface area contributed by atoms with Gasteiger partial charge in [-0.2, -0.15) is 0 Å². The largest absolute Gasteiger partial charge is 0.361 e. The van der Waals surface area contributed by atoms with E-state index in [0.29, 0.717) is 5.69 Å². The van der Waals surface area contributed by atoms with Gasteiger partial charge in [0.1, 0.15) is 5.54 Å². The lowest BCUT2D eigenvalue weighted by molar-refractivity contribution is -0.142. The molecule has 198 valence electrons. The summed E-state index contributed by atoms with van der Waals surface area (Å²) in [6.45, 7) is 0. The molecule has 7 rings (SSSR count). The molecular formula is C28H26BrN7O3. The van der Waals surface area contributed by atoms with Gasteiger partial charge in [-0.3, -0.25) is 24.8 Å². The number of amides is 4. The van der Waals surface area contributed by atoms with Gasteiger partial charge >= 0.3 is 6.03 Å². The van der Waals surface area contributed by atoms with E-state index in [4.69, 9.17) is 5.41 Å². The molecular weight excluding hydrogens is 562 g/mol. The number of H-pyrrole nitrogens is 2. The van der Waals surface area contributed by atoms with Crippen LogP contribution in [-0.4, -0.2) is 87.1 Å². The number of nitrogens with one attached hydrogen (secondary N) is 3. The number of rotatable bonds is 1. The van der Waals surface area contributed by atoms with Crippen LogP contribution in [0.4, 0.5) is 4.79 Å². The number of para-hydroxylation sites is 1. The van der Waals surface area contributed by atoms with E-state index >= 15 is 0 Å². The fourth-order valence-corrected chi connectivity index (χ4v) is 7.68. The van der Waals surface area contributed by atoms with Crippen LogP contribution in [-0.2, 0) is 21.5 Å². The minimum Gasteiger partial charge on any atom is -0.361 e. The number of halogens is 1. The smallest absolute Gasteiger partial charge is 0.327 e. The number of hydrogen-bond donors (Lipinski definition) is 3. The molecule has 0 unspecified atom stereocenters. The highest BCUT2D eigenvalue weighted by molar-refractivity contribution is 9.10. The first kappa shape index (κ1) is 24.0. The van der Waals surface area contributed by atoms with E-state index in [-0.39, 0.29) is 18.3 Å². The molecule has 2 saturated heterocycles. The van der Waals surface area contributed by atoms with Gasteiger partial charge in [-0.25, -0.2) is 4.79 Å². The molecule has 11 heteroatoms. The molecule has 3 N–H and O–H groups in total. The number of hydrogen-bond acceptors (Lipinski definition) is 4. The number of guanidine groups is 1. The highest BCUT2D eigenvalue weighted by Crippen LogP contribution is 2.61. The topological polar surface area (TPSA) is 120 Å². The van der Waals surface area contributed by atoms with Crippen molar-refractivity contribution in [2.24, 2.45) is 0 Å². The van der Waals surface area contributed by atoms with E-state index in [0.717, 1.165) is 42.3 Å². The maximum atomic E-state index is 14.6. The van der Waals surface area contributed by atoms with Gasteiger partial charge in [-0.05, 0) is 29.3 Å². The molecule has 3 aliphatic rings. The van der Waals surface area contributed by atoms with Crippen LogP contribution in [0.5, 0.6) is 0 Å². The summed E-state index contributed by atoms with van der Waals surface area (Å²) in [5.74, 6) is -1.51. The maximum Gasteiger partial charge on any atom is 0.327 e. The van der Waals surface area contributed by atoms with Crippen molar-refractivity contribution in [2.45, 2.75) is 23.4 Å². The van der Waals surface area contributed by atoms with Crippen LogP contribution in [0.2, 0.25) is 0 Å². The minimum absolute atomic E-state index is 0.0406. The van der Waals surface area contributed by atoms with Gasteiger partial charge in [0.15, 0.2) is 5.54 Å². The third kappa shape index (κ3) is 2.56. The first-order valence-corrected chi connectivity index (χ1v) is 13.4. The van der Waals surface area contributed by atoms with Crippen LogP contribution < -0.4 is 0 Å². The molecule has 2 aromatic heterocycles. The van der Waals surface area contributed by atoms with Crippen molar-refractivity contribution in [1.29, 1.82) is 5.41 Å². The average molecular weight is 588 g/mol. The van der Waals surface area contributed by atoms with E-state index in [1.165, 1.54) is 16.8 Å². The highest BCUT2D eigenvalue weighted by Gasteiger charge is 2.74. The Morgan fingerprint density at radius 2 is 1.67 bits per heavy atom. The summed E-state index contributed by atoms with van der Waals surface area (Å²) in [6.07, 6.45) is 2.09. The van der Waals surface area contributed by atoms with Crippen LogP contribution in [0, 0.1) is 5.41 Å². The van der Waals surface area contributed by atoms with Crippen LogP contribution >= 0.6 is 15.9 Å². The van der Waals surface area contributed by atoms with Crippen molar-refractivity contribution in [3.05, 3.63) is 70.0 Å². The number of imide groups is 1. The zero-order chi connectivity index (χ0) is 27.6. The number of carbonyl (C=O) groups is 3. The molecule has 2 fully saturated rings. The molecule has 10 nitrogen and oxygen atoms in total. The van der Waals surface area contributed by atoms with E-state index in [9.17, 15) is 14.4 Å². The van der Waals surface area contributed by atoms with Crippen molar-refractivity contribution in [1.82, 2.24) is 29.6 Å². The Kier molecular flexibility index (Phi) is 4.61. The van der Waals surface area contributed by atoms with Crippen LogP contribution in [0.25, 0.3) is 21.8 Å². The Morgan fingerprint density at radius 1 is 0.923 bits per heavy atom. The summed E-state index contributed by atoms with van der Waals surface area (Å²) < 4.78 is 0.883. The quantitative estimate of drug-likeness (QED) is 0.295.